The van der Waals surface area contributed by atoms with Gasteiger partial charge < -0.3 is 5.32 Å². The molecule has 144 valence electrons. The van der Waals surface area contributed by atoms with Crippen LogP contribution in [0.1, 0.15) is 23.9 Å². The Morgan fingerprint density at radius 1 is 1.21 bits per heavy atom. The molecular weight excluding hydrogens is 372 g/mol. The number of nitrogens with one attached hydrogen (secondary N) is 1. The molecule has 8 heteroatoms. The van der Waals surface area contributed by atoms with Gasteiger partial charge in [-0.3, -0.25) is 9.48 Å². The first-order valence-electron chi connectivity index (χ1n) is 9.22. The highest BCUT2D eigenvalue weighted by Crippen LogP contribution is 2.32. The maximum atomic E-state index is 12.5. The molecule has 0 atom stereocenters. The van der Waals surface area contributed by atoms with E-state index in [9.17, 15) is 4.79 Å². The quantitative estimate of drug-likeness (QED) is 0.544. The lowest BCUT2D eigenvalue weighted by Crippen LogP contribution is -2.27. The van der Waals surface area contributed by atoms with Gasteiger partial charge in [-0.1, -0.05) is 6.07 Å². The topological polar surface area (TPSA) is 77.6 Å². The lowest BCUT2D eigenvalue weighted by molar-refractivity contribution is -0.121. The Hall–Kier alpha value is -3.00. The molecule has 0 radical (unpaired) electrons. The highest BCUT2D eigenvalue weighted by Gasteiger charge is 2.16. The van der Waals surface area contributed by atoms with Gasteiger partial charge in [0, 0.05) is 41.5 Å². The third-order valence-electron chi connectivity index (χ3n) is 4.74. The molecule has 4 heterocycles. The van der Waals surface area contributed by atoms with Crippen molar-refractivity contribution in [1.29, 1.82) is 0 Å². The zero-order valence-electron chi connectivity index (χ0n) is 16.1. The number of thiophene rings is 1. The van der Waals surface area contributed by atoms with Crippen LogP contribution in [0.25, 0.3) is 21.5 Å². The fourth-order valence-electron chi connectivity index (χ4n) is 3.31. The summed E-state index contributed by atoms with van der Waals surface area (Å²) in [4.78, 5) is 18.2. The molecule has 1 amide bonds. The fourth-order valence-corrected chi connectivity index (χ4v) is 4.07. The van der Waals surface area contributed by atoms with Crippen molar-refractivity contribution < 1.29 is 4.79 Å². The highest BCUT2D eigenvalue weighted by atomic mass is 32.1. The van der Waals surface area contributed by atoms with Crippen LogP contribution in [0.2, 0.25) is 0 Å². The van der Waals surface area contributed by atoms with E-state index < -0.39 is 0 Å². The fraction of sp³-hybridized carbons (Fsp3) is 0.300. The molecule has 4 aromatic rings. The number of nitrogens with zero attached hydrogens (tertiary/aromatic N) is 5. The van der Waals surface area contributed by atoms with Crippen LogP contribution in [-0.4, -0.2) is 30.5 Å². The van der Waals surface area contributed by atoms with Gasteiger partial charge in [0.1, 0.15) is 6.54 Å². The first kappa shape index (κ1) is 18.4. The summed E-state index contributed by atoms with van der Waals surface area (Å²) in [6.07, 6.45) is 3.74. The Morgan fingerprint density at radius 2 is 2.07 bits per heavy atom. The van der Waals surface area contributed by atoms with Crippen LogP contribution in [0.5, 0.6) is 0 Å². The summed E-state index contributed by atoms with van der Waals surface area (Å²) >= 11 is 1.68. The second-order valence-electron chi connectivity index (χ2n) is 6.65. The molecule has 0 unspecified atom stereocenters. The summed E-state index contributed by atoms with van der Waals surface area (Å²) in [5, 5.41) is 15.0. The maximum Gasteiger partial charge on any atom is 0.242 e. The molecule has 0 spiro atoms. The minimum Gasteiger partial charge on any atom is -0.350 e. The number of carbonyl (C=O) groups is 1. The van der Waals surface area contributed by atoms with Crippen molar-refractivity contribution in [1.82, 2.24) is 29.9 Å². The summed E-state index contributed by atoms with van der Waals surface area (Å²) in [7, 11) is 0. The van der Waals surface area contributed by atoms with Crippen molar-refractivity contribution in [3.63, 3.8) is 0 Å². The molecule has 4 rings (SSSR count). The molecular formula is C20H22N6OS. The Labute approximate surface area is 167 Å². The van der Waals surface area contributed by atoms with Crippen molar-refractivity contribution in [2.24, 2.45) is 0 Å². The Kier molecular flexibility index (Phi) is 4.95. The van der Waals surface area contributed by atoms with E-state index in [2.05, 4.69) is 31.9 Å². The molecule has 0 saturated heterocycles. The highest BCUT2D eigenvalue weighted by molar-refractivity contribution is 7.13. The second-order valence-corrected chi connectivity index (χ2v) is 7.60. The van der Waals surface area contributed by atoms with E-state index in [0.29, 0.717) is 6.54 Å². The van der Waals surface area contributed by atoms with Crippen LogP contribution in [-0.2, 0) is 24.4 Å². The standard InChI is InChI=1S/C20H22N6OS/c1-4-25-11-15(13(2)23-25)10-22-18(27)12-26-20-19(14(3)24-26)16(7-8-21-20)17-6-5-9-28-17/h5-9,11H,4,10,12H2,1-3H3,(H,22,27). The van der Waals surface area contributed by atoms with Crippen LogP contribution in [0.3, 0.4) is 0 Å². The van der Waals surface area contributed by atoms with E-state index in [-0.39, 0.29) is 12.5 Å². The minimum absolute atomic E-state index is 0.101. The van der Waals surface area contributed by atoms with Crippen molar-refractivity contribution >= 4 is 28.3 Å². The summed E-state index contributed by atoms with van der Waals surface area (Å²) in [5.41, 5.74) is 4.67. The number of amides is 1. The monoisotopic (exact) mass is 394 g/mol. The predicted molar refractivity (Wildman–Crippen MR) is 110 cm³/mol. The van der Waals surface area contributed by atoms with Gasteiger partial charge in [0.15, 0.2) is 5.65 Å². The number of hydrogen-bond acceptors (Lipinski definition) is 5. The van der Waals surface area contributed by atoms with Crippen LogP contribution in [0, 0.1) is 13.8 Å². The molecule has 28 heavy (non-hydrogen) atoms. The smallest absolute Gasteiger partial charge is 0.242 e. The molecule has 1 N–H and O–H groups in total. The number of rotatable bonds is 6. The molecule has 0 saturated carbocycles. The third-order valence-corrected chi connectivity index (χ3v) is 5.64. The first-order valence-corrected chi connectivity index (χ1v) is 10.1. The van der Waals surface area contributed by atoms with Crippen molar-refractivity contribution in [3.05, 3.63) is 52.9 Å². The van der Waals surface area contributed by atoms with Crippen LogP contribution < -0.4 is 5.32 Å². The van der Waals surface area contributed by atoms with Crippen molar-refractivity contribution in [3.8, 4) is 10.4 Å². The van der Waals surface area contributed by atoms with E-state index in [4.69, 9.17) is 0 Å². The summed E-state index contributed by atoms with van der Waals surface area (Å²) in [5.74, 6) is -0.101. The molecule has 7 nitrogen and oxygen atoms in total. The molecule has 0 aromatic carbocycles. The average molecular weight is 395 g/mol. The van der Waals surface area contributed by atoms with Gasteiger partial charge >= 0.3 is 0 Å². The van der Waals surface area contributed by atoms with Gasteiger partial charge in [0.05, 0.1) is 16.8 Å². The number of carbonyl (C=O) groups excluding carboxylic acids is 1. The van der Waals surface area contributed by atoms with Crippen LogP contribution >= 0.6 is 11.3 Å². The van der Waals surface area contributed by atoms with Gasteiger partial charge in [-0.15, -0.1) is 11.3 Å². The van der Waals surface area contributed by atoms with E-state index in [1.54, 1.807) is 22.2 Å². The van der Waals surface area contributed by atoms with Gasteiger partial charge in [-0.2, -0.15) is 10.2 Å². The first-order chi connectivity index (χ1) is 13.6. The largest absolute Gasteiger partial charge is 0.350 e. The van der Waals surface area contributed by atoms with E-state index >= 15 is 0 Å². The van der Waals surface area contributed by atoms with Crippen LogP contribution in [0.15, 0.2) is 36.0 Å². The number of pyridine rings is 1. The third kappa shape index (κ3) is 3.43. The molecule has 0 fully saturated rings. The molecule has 0 aliphatic rings. The van der Waals surface area contributed by atoms with Crippen molar-refractivity contribution in [2.45, 2.75) is 40.4 Å². The minimum atomic E-state index is -0.101. The predicted octanol–water partition coefficient (Wildman–Crippen LogP) is 3.31. The maximum absolute atomic E-state index is 12.5. The Morgan fingerprint density at radius 3 is 2.79 bits per heavy atom. The molecule has 0 aliphatic heterocycles. The average Bonchev–Trinajstić information content (AvgIpc) is 3.40. The summed E-state index contributed by atoms with van der Waals surface area (Å²) in [6, 6.07) is 6.12. The van der Waals surface area contributed by atoms with Gasteiger partial charge in [0.2, 0.25) is 5.91 Å². The lowest BCUT2D eigenvalue weighted by atomic mass is 10.1. The summed E-state index contributed by atoms with van der Waals surface area (Å²) < 4.78 is 3.55. The lowest BCUT2D eigenvalue weighted by Gasteiger charge is -2.06. The van der Waals surface area contributed by atoms with Gasteiger partial charge in [-0.25, -0.2) is 9.67 Å². The summed E-state index contributed by atoms with van der Waals surface area (Å²) in [6.45, 7) is 7.35. The second kappa shape index (κ2) is 7.55. The van der Waals surface area contributed by atoms with Crippen LogP contribution in [0.4, 0.5) is 0 Å². The van der Waals surface area contributed by atoms with E-state index in [1.165, 1.54) is 4.88 Å². The van der Waals surface area contributed by atoms with E-state index in [0.717, 1.165) is 40.1 Å². The molecule has 4 aromatic heterocycles. The number of fused-ring (bicyclic) bond motifs is 1. The SMILES string of the molecule is CCn1cc(CNC(=O)Cn2nc(C)c3c(-c4cccs4)ccnc32)c(C)n1. The zero-order valence-corrected chi connectivity index (χ0v) is 17.0. The molecule has 0 aliphatic carbocycles. The van der Waals surface area contributed by atoms with Gasteiger partial charge in [-0.05, 0) is 38.3 Å². The van der Waals surface area contributed by atoms with E-state index in [1.807, 2.05) is 43.8 Å². The molecule has 0 bridgehead atoms. The number of aromatic nitrogens is 5. The zero-order chi connectivity index (χ0) is 19.7. The normalized spacial score (nSPS) is 11.2. The number of aryl methyl sites for hydroxylation is 3. The van der Waals surface area contributed by atoms with Gasteiger partial charge in [0.25, 0.3) is 0 Å². The Bertz CT molecular complexity index is 1130. The number of hydrogen-bond donors (Lipinski definition) is 1. The Balaban J connectivity index is 1.54. The van der Waals surface area contributed by atoms with Crippen molar-refractivity contribution in [2.75, 3.05) is 0 Å².